The maximum Gasteiger partial charge on any atom is 0.287 e. The van der Waals surface area contributed by atoms with Gasteiger partial charge in [-0.15, -0.1) is 0 Å². The van der Waals surface area contributed by atoms with Gasteiger partial charge in [-0.1, -0.05) is 5.16 Å². The molecular formula is C18H19N3O4. The van der Waals surface area contributed by atoms with Gasteiger partial charge >= 0.3 is 0 Å². The van der Waals surface area contributed by atoms with Crippen molar-refractivity contribution < 1.29 is 18.2 Å². The topological polar surface area (TPSA) is 84.7 Å². The summed E-state index contributed by atoms with van der Waals surface area (Å²) < 4.78 is 16.1. The lowest BCUT2D eigenvalue weighted by molar-refractivity contribution is 0.0919. The van der Waals surface area contributed by atoms with E-state index in [2.05, 4.69) is 15.4 Å². The SMILES string of the molecule is O=C(NCc1cc(-c2ccco2)on1)c1ccc(CN2CCCC2)o1. The average Bonchev–Trinajstić information content (AvgIpc) is 3.39. The number of aromatic nitrogens is 1. The van der Waals surface area contributed by atoms with Crippen LogP contribution in [-0.4, -0.2) is 29.1 Å². The number of carbonyl (C=O) groups is 1. The Bertz CT molecular complexity index is 828. The molecule has 3 aromatic rings. The van der Waals surface area contributed by atoms with E-state index in [0.717, 1.165) is 25.4 Å². The highest BCUT2D eigenvalue weighted by atomic mass is 16.5. The van der Waals surface area contributed by atoms with E-state index < -0.39 is 0 Å². The highest BCUT2D eigenvalue weighted by Crippen LogP contribution is 2.20. The molecule has 0 saturated carbocycles. The second-order valence-electron chi connectivity index (χ2n) is 6.09. The fraction of sp³-hybridized carbons (Fsp3) is 0.333. The number of furan rings is 2. The normalized spacial score (nSPS) is 14.9. The van der Waals surface area contributed by atoms with Crippen LogP contribution in [0, 0.1) is 0 Å². The third-order valence-electron chi connectivity index (χ3n) is 4.22. The summed E-state index contributed by atoms with van der Waals surface area (Å²) in [6.07, 6.45) is 4.02. The van der Waals surface area contributed by atoms with Gasteiger partial charge in [-0.3, -0.25) is 9.69 Å². The minimum atomic E-state index is -0.268. The smallest absolute Gasteiger partial charge is 0.287 e. The molecule has 1 saturated heterocycles. The summed E-state index contributed by atoms with van der Waals surface area (Å²) >= 11 is 0. The monoisotopic (exact) mass is 341 g/mol. The van der Waals surface area contributed by atoms with Crippen LogP contribution in [0.3, 0.4) is 0 Å². The van der Waals surface area contributed by atoms with Gasteiger partial charge in [0, 0.05) is 6.07 Å². The first kappa shape index (κ1) is 15.7. The van der Waals surface area contributed by atoms with E-state index in [-0.39, 0.29) is 12.5 Å². The molecule has 0 aliphatic carbocycles. The Morgan fingerprint density at radius 3 is 2.88 bits per heavy atom. The Balaban J connectivity index is 1.32. The summed E-state index contributed by atoms with van der Waals surface area (Å²) in [5.41, 5.74) is 0.614. The lowest BCUT2D eigenvalue weighted by Gasteiger charge is -2.11. The van der Waals surface area contributed by atoms with Gasteiger partial charge in [0.1, 0.15) is 11.5 Å². The number of carbonyl (C=O) groups excluding carboxylic acids is 1. The van der Waals surface area contributed by atoms with Crippen molar-refractivity contribution in [3.05, 3.63) is 53.8 Å². The van der Waals surface area contributed by atoms with Crippen LogP contribution in [0.2, 0.25) is 0 Å². The third-order valence-corrected chi connectivity index (χ3v) is 4.22. The van der Waals surface area contributed by atoms with Gasteiger partial charge in [-0.25, -0.2) is 0 Å². The van der Waals surface area contributed by atoms with Crippen LogP contribution < -0.4 is 5.32 Å². The van der Waals surface area contributed by atoms with Crippen LogP contribution in [0.4, 0.5) is 0 Å². The van der Waals surface area contributed by atoms with Crippen LogP contribution in [0.25, 0.3) is 11.5 Å². The van der Waals surface area contributed by atoms with Gasteiger partial charge in [0.05, 0.1) is 19.4 Å². The molecule has 0 atom stereocenters. The molecule has 0 radical (unpaired) electrons. The van der Waals surface area contributed by atoms with E-state index in [9.17, 15) is 4.79 Å². The predicted molar refractivity (Wildman–Crippen MR) is 88.6 cm³/mol. The zero-order valence-corrected chi connectivity index (χ0v) is 13.7. The lowest BCUT2D eigenvalue weighted by atomic mass is 10.3. The summed E-state index contributed by atoms with van der Waals surface area (Å²) in [7, 11) is 0. The first-order chi connectivity index (χ1) is 12.3. The zero-order chi connectivity index (χ0) is 17.1. The van der Waals surface area contributed by atoms with Crippen molar-refractivity contribution in [1.29, 1.82) is 0 Å². The molecule has 7 nitrogen and oxygen atoms in total. The molecule has 1 aliphatic heterocycles. The summed E-state index contributed by atoms with van der Waals surface area (Å²) in [5.74, 6) is 1.98. The maximum absolute atomic E-state index is 12.2. The van der Waals surface area contributed by atoms with E-state index in [1.165, 1.54) is 12.8 Å². The lowest BCUT2D eigenvalue weighted by Crippen LogP contribution is -2.22. The molecule has 0 aromatic carbocycles. The van der Waals surface area contributed by atoms with Gasteiger partial charge in [-0.05, 0) is 50.2 Å². The minimum Gasteiger partial charge on any atom is -0.461 e. The summed E-state index contributed by atoms with van der Waals surface area (Å²) in [6, 6.07) is 8.86. The maximum atomic E-state index is 12.2. The predicted octanol–water partition coefficient (Wildman–Crippen LogP) is 3.05. The number of hydrogen-bond donors (Lipinski definition) is 1. The van der Waals surface area contributed by atoms with Gasteiger partial charge in [0.25, 0.3) is 5.91 Å². The van der Waals surface area contributed by atoms with Crippen LogP contribution in [0.15, 0.2) is 50.0 Å². The quantitative estimate of drug-likeness (QED) is 0.742. The number of nitrogens with zero attached hydrogens (tertiary/aromatic N) is 2. The Morgan fingerprint density at radius 2 is 2.08 bits per heavy atom. The highest BCUT2D eigenvalue weighted by Gasteiger charge is 2.16. The summed E-state index contributed by atoms with van der Waals surface area (Å²) in [5, 5.41) is 6.71. The average molecular weight is 341 g/mol. The highest BCUT2D eigenvalue weighted by molar-refractivity contribution is 5.91. The van der Waals surface area contributed by atoms with E-state index in [0.29, 0.717) is 23.0 Å². The molecule has 1 amide bonds. The summed E-state index contributed by atoms with van der Waals surface area (Å²) in [4.78, 5) is 14.5. The Hall–Kier alpha value is -2.80. The molecule has 130 valence electrons. The largest absolute Gasteiger partial charge is 0.461 e. The van der Waals surface area contributed by atoms with Crippen molar-refractivity contribution in [3.63, 3.8) is 0 Å². The molecule has 4 heterocycles. The van der Waals surface area contributed by atoms with Crippen molar-refractivity contribution in [2.45, 2.75) is 25.9 Å². The van der Waals surface area contributed by atoms with Crippen LogP contribution in [0.1, 0.15) is 34.9 Å². The fourth-order valence-corrected chi connectivity index (χ4v) is 2.93. The molecule has 1 fully saturated rings. The van der Waals surface area contributed by atoms with Crippen molar-refractivity contribution in [1.82, 2.24) is 15.4 Å². The Kier molecular flexibility index (Phi) is 4.39. The number of amides is 1. The third kappa shape index (κ3) is 3.66. The number of rotatable bonds is 6. The van der Waals surface area contributed by atoms with Crippen molar-refractivity contribution in [2.24, 2.45) is 0 Å². The molecule has 1 N–H and O–H groups in total. The first-order valence-corrected chi connectivity index (χ1v) is 8.37. The zero-order valence-electron chi connectivity index (χ0n) is 13.7. The fourth-order valence-electron chi connectivity index (χ4n) is 2.93. The van der Waals surface area contributed by atoms with E-state index in [1.807, 2.05) is 6.07 Å². The molecule has 0 bridgehead atoms. The first-order valence-electron chi connectivity index (χ1n) is 8.37. The summed E-state index contributed by atoms with van der Waals surface area (Å²) in [6.45, 7) is 3.19. The van der Waals surface area contributed by atoms with Crippen LogP contribution >= 0.6 is 0 Å². The molecule has 7 heteroatoms. The standard InChI is InChI=1S/C18H19N3O4/c22-18(16-6-5-14(24-16)12-21-7-1-2-8-21)19-11-13-10-17(25-20-13)15-4-3-9-23-15/h3-6,9-10H,1-2,7-8,11-12H2,(H,19,22). The van der Waals surface area contributed by atoms with E-state index in [1.54, 1.807) is 30.5 Å². The molecule has 3 aromatic heterocycles. The van der Waals surface area contributed by atoms with Crippen LogP contribution in [0.5, 0.6) is 0 Å². The minimum absolute atomic E-state index is 0.255. The molecular weight excluding hydrogens is 322 g/mol. The van der Waals surface area contributed by atoms with Gasteiger partial charge < -0.3 is 18.7 Å². The van der Waals surface area contributed by atoms with E-state index >= 15 is 0 Å². The van der Waals surface area contributed by atoms with Crippen molar-refractivity contribution in [2.75, 3.05) is 13.1 Å². The van der Waals surface area contributed by atoms with Gasteiger partial charge in [0.15, 0.2) is 11.5 Å². The second-order valence-corrected chi connectivity index (χ2v) is 6.09. The van der Waals surface area contributed by atoms with Gasteiger partial charge in [-0.2, -0.15) is 0 Å². The van der Waals surface area contributed by atoms with Crippen molar-refractivity contribution in [3.8, 4) is 11.5 Å². The number of hydrogen-bond acceptors (Lipinski definition) is 6. The van der Waals surface area contributed by atoms with Gasteiger partial charge in [0.2, 0.25) is 5.76 Å². The number of likely N-dealkylation sites (tertiary alicyclic amines) is 1. The molecule has 1 aliphatic rings. The molecule has 0 spiro atoms. The van der Waals surface area contributed by atoms with Crippen molar-refractivity contribution >= 4 is 5.91 Å². The Morgan fingerprint density at radius 1 is 1.20 bits per heavy atom. The molecule has 0 unspecified atom stereocenters. The number of nitrogens with one attached hydrogen (secondary N) is 1. The molecule has 25 heavy (non-hydrogen) atoms. The van der Waals surface area contributed by atoms with E-state index in [4.69, 9.17) is 13.4 Å². The van der Waals surface area contributed by atoms with Crippen LogP contribution in [-0.2, 0) is 13.1 Å². The Labute approximate surface area is 144 Å². The molecule has 4 rings (SSSR count). The second kappa shape index (κ2) is 6.98.